The molecular formula is C12H14BrN3O3. The molecule has 1 aliphatic rings. The molecule has 1 amide bonds. The summed E-state index contributed by atoms with van der Waals surface area (Å²) in [6.45, 7) is 1.79. The fourth-order valence-electron chi connectivity index (χ4n) is 2.03. The first-order chi connectivity index (χ1) is 9.08. The van der Waals surface area contributed by atoms with Gasteiger partial charge < -0.3 is 10.6 Å². The van der Waals surface area contributed by atoms with Gasteiger partial charge in [0.15, 0.2) is 0 Å². The summed E-state index contributed by atoms with van der Waals surface area (Å²) in [6.07, 6.45) is 1.80. The summed E-state index contributed by atoms with van der Waals surface area (Å²) in [4.78, 5) is 22.2. The Kier molecular flexibility index (Phi) is 4.49. The van der Waals surface area contributed by atoms with Gasteiger partial charge in [-0.05, 0) is 47.9 Å². The van der Waals surface area contributed by atoms with E-state index in [0.717, 1.165) is 25.9 Å². The minimum atomic E-state index is -0.487. The van der Waals surface area contributed by atoms with Crippen molar-refractivity contribution in [1.82, 2.24) is 10.6 Å². The molecule has 102 valence electrons. The molecule has 0 unspecified atom stereocenters. The summed E-state index contributed by atoms with van der Waals surface area (Å²) in [5, 5.41) is 16.8. The second-order valence-corrected chi connectivity index (χ2v) is 5.27. The Bertz CT molecular complexity index is 501. The number of piperidine rings is 1. The zero-order valence-corrected chi connectivity index (χ0v) is 11.8. The van der Waals surface area contributed by atoms with Crippen molar-refractivity contribution in [2.75, 3.05) is 13.1 Å². The van der Waals surface area contributed by atoms with Crippen molar-refractivity contribution in [2.24, 2.45) is 0 Å². The lowest BCUT2D eigenvalue weighted by Crippen LogP contribution is -2.42. The Morgan fingerprint density at radius 2 is 2.11 bits per heavy atom. The smallest absolute Gasteiger partial charge is 0.270 e. The fraction of sp³-hybridized carbons (Fsp3) is 0.417. The van der Waals surface area contributed by atoms with E-state index in [-0.39, 0.29) is 17.6 Å². The Morgan fingerprint density at radius 3 is 2.68 bits per heavy atom. The van der Waals surface area contributed by atoms with Crippen molar-refractivity contribution in [3.63, 3.8) is 0 Å². The van der Waals surface area contributed by atoms with Crippen LogP contribution in [0.15, 0.2) is 22.7 Å². The van der Waals surface area contributed by atoms with Crippen LogP contribution in [0.25, 0.3) is 0 Å². The van der Waals surface area contributed by atoms with E-state index in [9.17, 15) is 14.9 Å². The second-order valence-electron chi connectivity index (χ2n) is 4.42. The van der Waals surface area contributed by atoms with E-state index >= 15 is 0 Å². The van der Waals surface area contributed by atoms with E-state index in [1.165, 1.54) is 18.2 Å². The number of carbonyl (C=O) groups is 1. The number of nitro benzene ring substituents is 1. The van der Waals surface area contributed by atoms with E-state index in [1.54, 1.807) is 0 Å². The van der Waals surface area contributed by atoms with Crippen molar-refractivity contribution < 1.29 is 9.72 Å². The molecule has 0 bridgehead atoms. The average molecular weight is 328 g/mol. The van der Waals surface area contributed by atoms with Crippen LogP contribution in [0.1, 0.15) is 23.2 Å². The Labute approximate surface area is 118 Å². The summed E-state index contributed by atoms with van der Waals surface area (Å²) in [6, 6.07) is 4.31. The van der Waals surface area contributed by atoms with Crippen LogP contribution in [0, 0.1) is 10.1 Å². The van der Waals surface area contributed by atoms with Crippen LogP contribution in [0.5, 0.6) is 0 Å². The van der Waals surface area contributed by atoms with Crippen LogP contribution in [0.3, 0.4) is 0 Å². The molecule has 0 spiro atoms. The maximum Gasteiger partial charge on any atom is 0.270 e. The highest BCUT2D eigenvalue weighted by atomic mass is 79.9. The maximum absolute atomic E-state index is 12.1. The molecule has 0 aliphatic carbocycles. The molecule has 1 saturated heterocycles. The van der Waals surface area contributed by atoms with Crippen molar-refractivity contribution in [3.8, 4) is 0 Å². The van der Waals surface area contributed by atoms with Crippen LogP contribution < -0.4 is 10.6 Å². The van der Waals surface area contributed by atoms with Crippen LogP contribution >= 0.6 is 15.9 Å². The highest BCUT2D eigenvalue weighted by Crippen LogP contribution is 2.23. The molecule has 2 rings (SSSR count). The first-order valence-electron chi connectivity index (χ1n) is 6.03. The Morgan fingerprint density at radius 1 is 1.42 bits per heavy atom. The third-order valence-electron chi connectivity index (χ3n) is 3.08. The van der Waals surface area contributed by atoms with Crippen molar-refractivity contribution in [3.05, 3.63) is 38.3 Å². The summed E-state index contributed by atoms with van der Waals surface area (Å²) in [5.74, 6) is -0.200. The number of halogens is 1. The third kappa shape index (κ3) is 3.51. The van der Waals surface area contributed by atoms with Gasteiger partial charge in [0, 0.05) is 22.6 Å². The number of carbonyl (C=O) groups excluding carboxylic acids is 1. The standard InChI is InChI=1S/C12H14BrN3O3/c13-11-7-9(16(18)19)1-2-10(11)12(17)15-8-3-5-14-6-4-8/h1-2,7-8,14H,3-6H2,(H,15,17). The quantitative estimate of drug-likeness (QED) is 0.655. The molecule has 0 atom stereocenters. The van der Waals surface area contributed by atoms with Gasteiger partial charge in [-0.15, -0.1) is 0 Å². The van der Waals surface area contributed by atoms with Gasteiger partial charge in [-0.1, -0.05) is 0 Å². The molecule has 1 heterocycles. The first-order valence-corrected chi connectivity index (χ1v) is 6.83. The van der Waals surface area contributed by atoms with Gasteiger partial charge in [-0.3, -0.25) is 14.9 Å². The van der Waals surface area contributed by atoms with Gasteiger partial charge in [0.05, 0.1) is 10.5 Å². The molecule has 1 aliphatic heterocycles. The summed E-state index contributed by atoms with van der Waals surface area (Å²) >= 11 is 3.20. The lowest BCUT2D eigenvalue weighted by Gasteiger charge is -2.23. The maximum atomic E-state index is 12.1. The van der Waals surface area contributed by atoms with Gasteiger partial charge >= 0.3 is 0 Å². The SMILES string of the molecule is O=C(NC1CCNCC1)c1ccc([N+](=O)[O-])cc1Br. The van der Waals surface area contributed by atoms with Crippen LogP contribution in [-0.4, -0.2) is 30.0 Å². The molecule has 1 aromatic carbocycles. The van der Waals surface area contributed by atoms with E-state index in [0.29, 0.717) is 10.0 Å². The number of nitro groups is 1. The van der Waals surface area contributed by atoms with Gasteiger partial charge in [0.25, 0.3) is 11.6 Å². The van der Waals surface area contributed by atoms with Gasteiger partial charge in [0.1, 0.15) is 0 Å². The molecule has 1 aromatic rings. The highest BCUT2D eigenvalue weighted by molar-refractivity contribution is 9.10. The van der Waals surface area contributed by atoms with E-state index in [2.05, 4.69) is 26.6 Å². The fourth-order valence-corrected chi connectivity index (χ4v) is 2.58. The van der Waals surface area contributed by atoms with Crippen molar-refractivity contribution in [2.45, 2.75) is 18.9 Å². The minimum Gasteiger partial charge on any atom is -0.349 e. The number of amides is 1. The summed E-state index contributed by atoms with van der Waals surface area (Å²) in [5.41, 5.74) is 0.384. The van der Waals surface area contributed by atoms with Crippen molar-refractivity contribution in [1.29, 1.82) is 0 Å². The first kappa shape index (κ1) is 14.0. The molecule has 0 aromatic heterocycles. The summed E-state index contributed by atoms with van der Waals surface area (Å²) in [7, 11) is 0. The van der Waals surface area contributed by atoms with E-state index in [4.69, 9.17) is 0 Å². The topological polar surface area (TPSA) is 84.3 Å². The molecular weight excluding hydrogens is 314 g/mol. The number of non-ortho nitro benzene ring substituents is 1. The number of hydrogen-bond acceptors (Lipinski definition) is 4. The molecule has 6 nitrogen and oxygen atoms in total. The highest BCUT2D eigenvalue weighted by Gasteiger charge is 2.19. The molecule has 2 N–H and O–H groups in total. The average Bonchev–Trinajstić information content (AvgIpc) is 2.39. The monoisotopic (exact) mass is 327 g/mol. The molecule has 7 heteroatoms. The lowest BCUT2D eigenvalue weighted by atomic mass is 10.1. The Balaban J connectivity index is 2.08. The second kappa shape index (κ2) is 6.12. The lowest BCUT2D eigenvalue weighted by molar-refractivity contribution is -0.384. The minimum absolute atomic E-state index is 0.0368. The predicted octanol–water partition coefficient (Wildman–Crippen LogP) is 1.84. The number of rotatable bonds is 3. The third-order valence-corrected chi connectivity index (χ3v) is 3.74. The van der Waals surface area contributed by atoms with Gasteiger partial charge in [0.2, 0.25) is 0 Å². The van der Waals surface area contributed by atoms with Gasteiger partial charge in [-0.2, -0.15) is 0 Å². The van der Waals surface area contributed by atoms with Gasteiger partial charge in [-0.25, -0.2) is 0 Å². The van der Waals surface area contributed by atoms with E-state index < -0.39 is 4.92 Å². The van der Waals surface area contributed by atoms with Crippen molar-refractivity contribution >= 4 is 27.5 Å². The Hall–Kier alpha value is -1.47. The molecule has 19 heavy (non-hydrogen) atoms. The van der Waals surface area contributed by atoms with Crippen LogP contribution in [-0.2, 0) is 0 Å². The molecule has 1 fully saturated rings. The molecule has 0 saturated carbocycles. The largest absolute Gasteiger partial charge is 0.349 e. The zero-order chi connectivity index (χ0) is 13.8. The number of nitrogens with one attached hydrogen (secondary N) is 2. The van der Waals surface area contributed by atoms with E-state index in [1.807, 2.05) is 0 Å². The van der Waals surface area contributed by atoms with Crippen LogP contribution in [0.2, 0.25) is 0 Å². The van der Waals surface area contributed by atoms with Crippen LogP contribution in [0.4, 0.5) is 5.69 Å². The normalized spacial score (nSPS) is 16.1. The number of hydrogen-bond donors (Lipinski definition) is 2. The number of benzene rings is 1. The molecule has 0 radical (unpaired) electrons. The summed E-state index contributed by atoms with van der Waals surface area (Å²) < 4.78 is 0.438. The predicted molar refractivity (Wildman–Crippen MR) is 74.2 cm³/mol. The number of nitrogens with zero attached hydrogens (tertiary/aromatic N) is 1. The zero-order valence-electron chi connectivity index (χ0n) is 10.2.